The number of carbonyl (C=O) groups is 3. The lowest BCUT2D eigenvalue weighted by Crippen LogP contribution is -2.36. The third kappa shape index (κ3) is 2.90. The molecule has 0 saturated heterocycles. The molecule has 0 radical (unpaired) electrons. The molecule has 0 saturated carbocycles. The second kappa shape index (κ2) is 6.23. The summed E-state index contributed by atoms with van der Waals surface area (Å²) in [7, 11) is 0. The van der Waals surface area contributed by atoms with Crippen molar-refractivity contribution >= 4 is 17.8 Å². The topological polar surface area (TPSA) is 63.7 Å². The minimum absolute atomic E-state index is 0.280. The third-order valence-electron chi connectivity index (χ3n) is 3.81. The molecule has 5 nitrogen and oxygen atoms in total. The summed E-state index contributed by atoms with van der Waals surface area (Å²) in [5, 5.41) is 0. The summed E-state index contributed by atoms with van der Waals surface area (Å²) >= 11 is 0. The Bertz CT molecular complexity index is 781. The molecule has 0 unspecified atom stereocenters. The third-order valence-corrected chi connectivity index (χ3v) is 3.81. The highest BCUT2D eigenvalue weighted by molar-refractivity contribution is 6.22. The van der Waals surface area contributed by atoms with E-state index in [0.717, 1.165) is 4.90 Å². The first-order chi connectivity index (χ1) is 11.5. The van der Waals surface area contributed by atoms with Crippen LogP contribution in [0.15, 0.2) is 48.5 Å². The molecule has 0 aliphatic carbocycles. The average Bonchev–Trinajstić information content (AvgIpc) is 2.81. The molecule has 122 valence electrons. The zero-order valence-electron chi connectivity index (χ0n) is 12.9. The quantitative estimate of drug-likeness (QED) is 0.640. The molecular weight excluding hydrogens is 313 g/mol. The van der Waals surface area contributed by atoms with Gasteiger partial charge in [-0.25, -0.2) is 4.39 Å². The highest BCUT2D eigenvalue weighted by atomic mass is 19.1. The number of benzene rings is 2. The normalized spacial score (nSPS) is 14.5. The fraction of sp³-hybridized carbons (Fsp3) is 0.167. The molecule has 24 heavy (non-hydrogen) atoms. The first-order valence-corrected chi connectivity index (χ1v) is 7.37. The zero-order valence-corrected chi connectivity index (χ0v) is 12.9. The molecule has 0 spiro atoms. The Morgan fingerprint density at radius 2 is 1.58 bits per heavy atom. The first kappa shape index (κ1) is 15.9. The molecule has 0 aromatic heterocycles. The molecule has 1 heterocycles. The van der Waals surface area contributed by atoms with E-state index in [1.54, 1.807) is 31.2 Å². The smallest absolute Gasteiger partial charge is 0.326 e. The van der Waals surface area contributed by atoms with Gasteiger partial charge in [-0.1, -0.05) is 24.3 Å². The summed E-state index contributed by atoms with van der Waals surface area (Å²) in [5.74, 6) is -2.12. The molecule has 1 aliphatic rings. The number of fused-ring (bicyclic) bond motifs is 1. The second-order valence-corrected chi connectivity index (χ2v) is 5.43. The van der Waals surface area contributed by atoms with E-state index < -0.39 is 30.4 Å². The number of nitrogens with zero attached hydrogens (tertiary/aromatic N) is 1. The highest BCUT2D eigenvalue weighted by Crippen LogP contribution is 2.23. The summed E-state index contributed by atoms with van der Waals surface area (Å²) in [6.07, 6.45) is -0.617. The Morgan fingerprint density at radius 1 is 1.04 bits per heavy atom. The molecule has 2 aromatic carbocycles. The van der Waals surface area contributed by atoms with E-state index in [4.69, 9.17) is 4.74 Å². The van der Waals surface area contributed by atoms with Crippen LogP contribution in [0.1, 0.15) is 39.3 Å². The second-order valence-electron chi connectivity index (χ2n) is 5.43. The molecule has 2 amide bonds. The van der Waals surface area contributed by atoms with E-state index in [1.165, 1.54) is 24.3 Å². The van der Waals surface area contributed by atoms with Crippen LogP contribution in [-0.2, 0) is 9.53 Å². The summed E-state index contributed by atoms with van der Waals surface area (Å²) in [5.41, 5.74) is 1.18. The van der Waals surface area contributed by atoms with E-state index in [-0.39, 0.29) is 16.9 Å². The highest BCUT2D eigenvalue weighted by Gasteiger charge is 2.36. The van der Waals surface area contributed by atoms with Crippen molar-refractivity contribution in [2.45, 2.75) is 13.0 Å². The summed E-state index contributed by atoms with van der Waals surface area (Å²) in [4.78, 5) is 37.3. The average molecular weight is 327 g/mol. The lowest BCUT2D eigenvalue weighted by atomic mass is 10.1. The van der Waals surface area contributed by atoms with Crippen LogP contribution in [-0.4, -0.2) is 29.2 Å². The van der Waals surface area contributed by atoms with Gasteiger partial charge in [0.25, 0.3) is 11.8 Å². The van der Waals surface area contributed by atoms with E-state index >= 15 is 0 Å². The zero-order chi connectivity index (χ0) is 17.3. The molecule has 6 heteroatoms. The fourth-order valence-electron chi connectivity index (χ4n) is 2.55. The molecule has 0 fully saturated rings. The van der Waals surface area contributed by atoms with Crippen LogP contribution < -0.4 is 0 Å². The van der Waals surface area contributed by atoms with Crippen molar-refractivity contribution < 1.29 is 23.5 Å². The van der Waals surface area contributed by atoms with Gasteiger partial charge in [-0.15, -0.1) is 0 Å². The van der Waals surface area contributed by atoms with Crippen molar-refractivity contribution in [1.29, 1.82) is 0 Å². The lowest BCUT2D eigenvalue weighted by molar-refractivity contribution is -0.148. The van der Waals surface area contributed by atoms with Gasteiger partial charge in [0.05, 0.1) is 11.1 Å². The van der Waals surface area contributed by atoms with Gasteiger partial charge in [0.2, 0.25) is 0 Å². The number of carbonyl (C=O) groups excluding carboxylic acids is 3. The molecule has 1 aliphatic heterocycles. The van der Waals surface area contributed by atoms with Crippen LogP contribution >= 0.6 is 0 Å². The van der Waals surface area contributed by atoms with Crippen LogP contribution in [0, 0.1) is 5.82 Å². The molecule has 0 bridgehead atoms. The number of ether oxygens (including phenoxy) is 1. The maximum atomic E-state index is 12.9. The van der Waals surface area contributed by atoms with Crippen LogP contribution in [0.25, 0.3) is 0 Å². The molecule has 2 aromatic rings. The van der Waals surface area contributed by atoms with Crippen LogP contribution in [0.4, 0.5) is 4.39 Å². The molecule has 0 N–H and O–H groups in total. The van der Waals surface area contributed by atoms with Crippen LogP contribution in [0.5, 0.6) is 0 Å². The molecule has 1 atom stereocenters. The number of hydrogen-bond acceptors (Lipinski definition) is 4. The SMILES string of the molecule is C[C@@H](OC(=O)CN1C(=O)c2ccccc2C1=O)c1ccc(F)cc1. The summed E-state index contributed by atoms with van der Waals surface area (Å²) < 4.78 is 18.1. The Hall–Kier alpha value is -3.02. The van der Waals surface area contributed by atoms with Crippen LogP contribution in [0.2, 0.25) is 0 Å². The molecule has 3 rings (SSSR count). The number of amides is 2. The monoisotopic (exact) mass is 327 g/mol. The van der Waals surface area contributed by atoms with E-state index in [1.807, 2.05) is 0 Å². The lowest BCUT2D eigenvalue weighted by Gasteiger charge is -2.17. The predicted molar refractivity (Wildman–Crippen MR) is 82.7 cm³/mol. The van der Waals surface area contributed by atoms with Gasteiger partial charge >= 0.3 is 5.97 Å². The van der Waals surface area contributed by atoms with Crippen molar-refractivity contribution in [3.8, 4) is 0 Å². The predicted octanol–water partition coefficient (Wildman–Crippen LogP) is 2.73. The maximum absolute atomic E-state index is 12.9. The van der Waals surface area contributed by atoms with Crippen molar-refractivity contribution in [2.75, 3.05) is 6.54 Å². The Kier molecular flexibility index (Phi) is 4.12. The minimum Gasteiger partial charge on any atom is -0.456 e. The molecular formula is C18H14FNO4. The first-order valence-electron chi connectivity index (χ1n) is 7.37. The van der Waals surface area contributed by atoms with Gasteiger partial charge in [0.15, 0.2) is 0 Å². The van der Waals surface area contributed by atoms with Gasteiger partial charge in [0, 0.05) is 0 Å². The van der Waals surface area contributed by atoms with E-state index in [9.17, 15) is 18.8 Å². The summed E-state index contributed by atoms with van der Waals surface area (Å²) in [6, 6.07) is 12.0. The van der Waals surface area contributed by atoms with Gasteiger partial charge in [-0.2, -0.15) is 0 Å². The van der Waals surface area contributed by atoms with Crippen molar-refractivity contribution in [3.05, 3.63) is 71.0 Å². The van der Waals surface area contributed by atoms with Crippen LogP contribution in [0.3, 0.4) is 0 Å². The Labute approximate surface area is 137 Å². The number of esters is 1. The number of imide groups is 1. The minimum atomic E-state index is -0.707. The Morgan fingerprint density at radius 3 is 2.12 bits per heavy atom. The van der Waals surface area contributed by atoms with Crippen molar-refractivity contribution in [3.63, 3.8) is 0 Å². The van der Waals surface area contributed by atoms with Crippen molar-refractivity contribution in [1.82, 2.24) is 4.90 Å². The van der Waals surface area contributed by atoms with Crippen molar-refractivity contribution in [2.24, 2.45) is 0 Å². The van der Waals surface area contributed by atoms with Gasteiger partial charge in [-0.05, 0) is 36.8 Å². The largest absolute Gasteiger partial charge is 0.456 e. The number of rotatable bonds is 4. The summed E-state index contributed by atoms with van der Waals surface area (Å²) in [6.45, 7) is 1.17. The van der Waals surface area contributed by atoms with E-state index in [2.05, 4.69) is 0 Å². The number of hydrogen-bond donors (Lipinski definition) is 0. The van der Waals surface area contributed by atoms with Gasteiger partial charge in [0.1, 0.15) is 18.5 Å². The fourth-order valence-corrected chi connectivity index (χ4v) is 2.55. The number of halogens is 1. The van der Waals surface area contributed by atoms with E-state index in [0.29, 0.717) is 5.56 Å². The van der Waals surface area contributed by atoms with Gasteiger partial charge in [-0.3, -0.25) is 19.3 Å². The Balaban J connectivity index is 1.66. The maximum Gasteiger partial charge on any atom is 0.326 e. The van der Waals surface area contributed by atoms with Gasteiger partial charge < -0.3 is 4.74 Å². The standard InChI is InChI=1S/C18H14FNO4/c1-11(12-6-8-13(19)9-7-12)24-16(21)10-20-17(22)14-4-2-3-5-15(14)18(20)23/h2-9,11H,10H2,1H3/t11-/m1/s1.